The fourth-order valence-corrected chi connectivity index (χ4v) is 6.27. The molecule has 5 rings (SSSR count). The number of rotatable bonds is 9. The van der Waals surface area contributed by atoms with Crippen LogP contribution in [0.25, 0.3) is 11.0 Å². The number of hydrogen-bond acceptors (Lipinski definition) is 5. The van der Waals surface area contributed by atoms with Gasteiger partial charge in [-0.05, 0) is 86.4 Å². The van der Waals surface area contributed by atoms with Gasteiger partial charge in [-0.15, -0.1) is 0 Å². The van der Waals surface area contributed by atoms with Gasteiger partial charge in [0.2, 0.25) is 5.91 Å². The van der Waals surface area contributed by atoms with E-state index in [0.717, 1.165) is 56.7 Å². The van der Waals surface area contributed by atoms with Gasteiger partial charge in [-0.3, -0.25) is 9.69 Å². The van der Waals surface area contributed by atoms with Crippen LogP contribution in [-0.4, -0.2) is 54.6 Å². The van der Waals surface area contributed by atoms with Crippen LogP contribution in [0.2, 0.25) is 0 Å². The first kappa shape index (κ1) is 32.8. The third-order valence-corrected chi connectivity index (χ3v) is 8.82. The minimum atomic E-state index is -4.55. The summed E-state index contributed by atoms with van der Waals surface area (Å²) in [4.78, 5) is 16.7. The predicted molar refractivity (Wildman–Crippen MR) is 154 cm³/mol. The first-order chi connectivity index (χ1) is 21.4. The Balaban J connectivity index is 0.981. The second-order valence-electron chi connectivity index (χ2n) is 12.0. The van der Waals surface area contributed by atoms with Crippen LogP contribution in [0.5, 0.6) is 0 Å². The Morgan fingerprint density at radius 2 is 1.67 bits per heavy atom. The van der Waals surface area contributed by atoms with Crippen LogP contribution in [0.1, 0.15) is 66.5 Å². The van der Waals surface area contributed by atoms with Gasteiger partial charge in [-0.2, -0.15) is 31.6 Å². The van der Waals surface area contributed by atoms with Gasteiger partial charge in [0.05, 0.1) is 35.4 Å². The molecule has 1 aliphatic heterocycles. The molecule has 2 heterocycles. The molecule has 2 aliphatic rings. The number of benzene rings is 2. The smallest absolute Gasteiger partial charge is 0.417 e. The van der Waals surface area contributed by atoms with Crippen LogP contribution in [0.3, 0.4) is 0 Å². The molecule has 1 saturated carbocycles. The molecular weight excluding hydrogens is 600 g/mol. The molecule has 6 nitrogen and oxygen atoms in total. The Kier molecular flexibility index (Phi) is 10.1. The van der Waals surface area contributed by atoms with E-state index in [-0.39, 0.29) is 24.2 Å². The monoisotopic (exact) mass is 635 g/mol. The molecular formula is C33H35F6N3O3. The Bertz CT molecular complexity index is 1510. The SMILES string of the molecule is N#Cc1ccc(CCC[C@H]2CC[C@H](OCC(=O)N3CCN(Cc4cc5cc(C(F)(F)F)ccc5o4)CC3)CC2)cc1C(F)(F)F. The largest absolute Gasteiger partial charge is 0.460 e. The minimum absolute atomic E-state index is 0.00491. The molecule has 3 aromatic rings. The normalized spacial score (nSPS) is 20.0. The molecule has 0 atom stereocenters. The predicted octanol–water partition coefficient (Wildman–Crippen LogP) is 7.58. The Morgan fingerprint density at radius 1 is 0.933 bits per heavy atom. The summed E-state index contributed by atoms with van der Waals surface area (Å²) in [7, 11) is 0. The van der Waals surface area contributed by atoms with E-state index >= 15 is 0 Å². The molecule has 1 aliphatic carbocycles. The van der Waals surface area contributed by atoms with Crippen molar-refractivity contribution in [2.45, 2.75) is 69.9 Å². The number of furan rings is 1. The second-order valence-corrected chi connectivity index (χ2v) is 12.0. The number of carbonyl (C=O) groups is 1. The van der Waals surface area contributed by atoms with Gasteiger partial charge >= 0.3 is 12.4 Å². The second kappa shape index (κ2) is 13.8. The zero-order chi connectivity index (χ0) is 32.2. The lowest BCUT2D eigenvalue weighted by atomic mass is 9.84. The molecule has 0 N–H and O–H groups in total. The molecule has 1 amide bonds. The maximum atomic E-state index is 13.2. The first-order valence-corrected chi connectivity index (χ1v) is 15.2. The highest BCUT2D eigenvalue weighted by Gasteiger charge is 2.34. The number of alkyl halides is 6. The number of ether oxygens (including phenoxy) is 1. The zero-order valence-corrected chi connectivity index (χ0v) is 24.7. The summed E-state index contributed by atoms with van der Waals surface area (Å²) < 4.78 is 90.4. The van der Waals surface area contributed by atoms with Crippen molar-refractivity contribution in [1.29, 1.82) is 5.26 Å². The standard InChI is InChI=1S/C33H35F6N3O3/c34-32(35,36)26-8-11-30-25(17-26)18-28(45-30)20-41-12-14-42(15-13-41)31(43)21-44-27-9-5-22(6-10-27)2-1-3-23-4-7-24(19-40)29(16-23)33(37,38)39/h4,7-8,11,16-18,22,27H,1-3,5-6,9-10,12-15,20-21H2/t22-,27-. The van der Waals surface area contributed by atoms with E-state index in [1.165, 1.54) is 12.1 Å². The van der Waals surface area contributed by atoms with E-state index in [9.17, 15) is 31.1 Å². The number of hydrogen-bond donors (Lipinski definition) is 0. The van der Waals surface area contributed by atoms with Crippen molar-refractivity contribution < 1.29 is 40.3 Å². The highest BCUT2D eigenvalue weighted by molar-refractivity contribution is 5.79. The van der Waals surface area contributed by atoms with Gasteiger partial charge in [-0.1, -0.05) is 12.5 Å². The topological polar surface area (TPSA) is 69.7 Å². The van der Waals surface area contributed by atoms with E-state index in [1.54, 1.807) is 23.1 Å². The molecule has 1 saturated heterocycles. The number of fused-ring (bicyclic) bond motifs is 1. The molecule has 1 aromatic heterocycles. The van der Waals surface area contributed by atoms with Gasteiger partial charge in [0, 0.05) is 31.6 Å². The van der Waals surface area contributed by atoms with Gasteiger partial charge in [0.15, 0.2) is 0 Å². The highest BCUT2D eigenvalue weighted by atomic mass is 19.4. The van der Waals surface area contributed by atoms with Crippen LogP contribution in [0.15, 0.2) is 46.9 Å². The fourth-order valence-electron chi connectivity index (χ4n) is 6.27. The van der Waals surface area contributed by atoms with Crippen molar-refractivity contribution in [3.05, 3.63) is 70.5 Å². The molecule has 0 spiro atoms. The number of piperazine rings is 1. The summed E-state index contributed by atoms with van der Waals surface area (Å²) in [5.74, 6) is 0.973. The van der Waals surface area contributed by atoms with Gasteiger partial charge in [-0.25, -0.2) is 0 Å². The van der Waals surface area contributed by atoms with Gasteiger partial charge < -0.3 is 14.1 Å². The summed E-state index contributed by atoms with van der Waals surface area (Å²) in [5, 5.41) is 9.37. The summed E-state index contributed by atoms with van der Waals surface area (Å²) >= 11 is 0. The molecule has 0 unspecified atom stereocenters. The molecule has 45 heavy (non-hydrogen) atoms. The zero-order valence-electron chi connectivity index (χ0n) is 24.7. The molecule has 0 radical (unpaired) electrons. The van der Waals surface area contributed by atoms with Gasteiger partial charge in [0.1, 0.15) is 18.0 Å². The Hall–Kier alpha value is -3.56. The summed E-state index contributed by atoms with van der Waals surface area (Å²) in [6.07, 6.45) is -3.21. The van der Waals surface area contributed by atoms with Crippen molar-refractivity contribution in [2.24, 2.45) is 5.92 Å². The van der Waals surface area contributed by atoms with Crippen LogP contribution in [0.4, 0.5) is 26.3 Å². The van der Waals surface area contributed by atoms with Crippen LogP contribution in [0, 0.1) is 17.2 Å². The number of nitriles is 1. The van der Waals surface area contributed by atoms with E-state index in [2.05, 4.69) is 4.90 Å². The van der Waals surface area contributed by atoms with Crippen LogP contribution < -0.4 is 0 Å². The van der Waals surface area contributed by atoms with Crippen molar-refractivity contribution in [1.82, 2.24) is 9.80 Å². The third-order valence-electron chi connectivity index (χ3n) is 8.82. The first-order valence-electron chi connectivity index (χ1n) is 15.2. The summed E-state index contributed by atoms with van der Waals surface area (Å²) in [5.41, 5.74) is -0.971. The summed E-state index contributed by atoms with van der Waals surface area (Å²) in [6, 6.07) is 10.6. The lowest BCUT2D eigenvalue weighted by molar-refractivity contribution is -0.141. The molecule has 12 heteroatoms. The van der Waals surface area contributed by atoms with Crippen LogP contribution in [-0.2, 0) is 34.8 Å². The highest BCUT2D eigenvalue weighted by Crippen LogP contribution is 2.35. The fraction of sp³-hybridized carbons (Fsp3) is 0.515. The number of halogens is 6. The number of aryl methyl sites for hydroxylation is 1. The lowest BCUT2D eigenvalue weighted by Crippen LogP contribution is -2.49. The van der Waals surface area contributed by atoms with Crippen molar-refractivity contribution in [2.75, 3.05) is 32.8 Å². The molecule has 2 aromatic carbocycles. The molecule has 242 valence electrons. The average Bonchev–Trinajstić information content (AvgIpc) is 3.41. The lowest BCUT2D eigenvalue weighted by Gasteiger charge is -2.35. The van der Waals surface area contributed by atoms with E-state index in [1.807, 2.05) is 0 Å². The van der Waals surface area contributed by atoms with E-state index in [0.29, 0.717) is 67.4 Å². The molecule has 2 fully saturated rings. The quantitative estimate of drug-likeness (QED) is 0.227. The third kappa shape index (κ3) is 8.58. The van der Waals surface area contributed by atoms with Crippen LogP contribution >= 0.6 is 0 Å². The van der Waals surface area contributed by atoms with Crippen molar-refractivity contribution >= 4 is 16.9 Å². The Labute approximate surface area is 257 Å². The van der Waals surface area contributed by atoms with E-state index in [4.69, 9.17) is 14.4 Å². The van der Waals surface area contributed by atoms with Gasteiger partial charge in [0.25, 0.3) is 0 Å². The molecule has 0 bridgehead atoms. The number of amides is 1. The number of carbonyl (C=O) groups excluding carboxylic acids is 1. The van der Waals surface area contributed by atoms with E-state index < -0.39 is 23.5 Å². The summed E-state index contributed by atoms with van der Waals surface area (Å²) in [6.45, 7) is 2.73. The maximum Gasteiger partial charge on any atom is 0.417 e. The number of nitrogens with zero attached hydrogens (tertiary/aromatic N) is 3. The Morgan fingerprint density at radius 3 is 2.33 bits per heavy atom. The average molecular weight is 636 g/mol. The van der Waals surface area contributed by atoms with Crippen molar-refractivity contribution in [3.63, 3.8) is 0 Å². The van der Waals surface area contributed by atoms with Crippen molar-refractivity contribution in [3.8, 4) is 6.07 Å². The minimum Gasteiger partial charge on any atom is -0.460 e. The maximum absolute atomic E-state index is 13.2.